The van der Waals surface area contributed by atoms with Gasteiger partial charge in [0.05, 0.1) is 5.82 Å². The van der Waals surface area contributed by atoms with Crippen LogP contribution in [0.5, 0.6) is 0 Å². The monoisotopic (exact) mass is 527 g/mol. The van der Waals surface area contributed by atoms with Crippen LogP contribution in [0.2, 0.25) is 0 Å². The van der Waals surface area contributed by atoms with Crippen LogP contribution in [0, 0.1) is 13.0 Å². The van der Waals surface area contributed by atoms with Crippen molar-refractivity contribution in [2.75, 3.05) is 11.5 Å². The Kier molecular flexibility index (Phi) is 14.2. The number of hydrogen-bond donors (Lipinski definition) is 2. The van der Waals surface area contributed by atoms with Gasteiger partial charge in [0.1, 0.15) is 0 Å². The van der Waals surface area contributed by atoms with E-state index in [2.05, 4.69) is 66.1 Å². The fourth-order valence-corrected chi connectivity index (χ4v) is 2.01. The summed E-state index contributed by atoms with van der Waals surface area (Å²) < 4.78 is 39.0. The van der Waals surface area contributed by atoms with Gasteiger partial charge < -0.3 is 34.2 Å². The number of nitrogens with two attached hydrogens (primary N) is 2. The van der Waals surface area contributed by atoms with Crippen LogP contribution >= 0.6 is 0 Å². The number of nitrogens with zero attached hydrogens (tertiary/aromatic N) is 3. The molecule has 3 rings (SSSR count). The van der Waals surface area contributed by atoms with E-state index in [1.54, 1.807) is 6.07 Å². The predicted octanol–water partition coefficient (Wildman–Crippen LogP) is 4.09. The molecular weight excluding hydrogens is 502 g/mol. The van der Waals surface area contributed by atoms with E-state index >= 15 is 0 Å². The van der Waals surface area contributed by atoms with Crippen LogP contribution in [0.15, 0.2) is 48.5 Å². The Hall–Kier alpha value is -2.58. The first-order valence-electron chi connectivity index (χ1n) is 8.63. The second-order valence-corrected chi connectivity index (χ2v) is 6.21. The van der Waals surface area contributed by atoms with E-state index < -0.39 is 7.25 Å². The standard InChI is InChI=1S/C10H14.C9H8N5.BF4.H2O.Ru/c1-8(2)10-6-4-9(3)5-7-10;10-8-12-7(13-9(11)14-8)6-4-2-1-3-5-6;2-1(3,4)5;;/h4-8H,1-3H3;1-4H,(H4,10,11,12,13,14);;1H2;/q;2*-1;;+2. The van der Waals surface area contributed by atoms with E-state index in [-0.39, 0.29) is 36.9 Å². The van der Waals surface area contributed by atoms with E-state index in [1.807, 2.05) is 18.2 Å². The molecule has 1 heterocycles. The fourth-order valence-electron chi connectivity index (χ4n) is 2.01. The molecule has 31 heavy (non-hydrogen) atoms. The number of rotatable bonds is 2. The summed E-state index contributed by atoms with van der Waals surface area (Å²) in [4.78, 5) is 11.6. The molecule has 0 unspecified atom stereocenters. The second kappa shape index (κ2) is 14.4. The molecule has 0 aliphatic heterocycles. The van der Waals surface area contributed by atoms with Crippen molar-refractivity contribution in [3.63, 3.8) is 0 Å². The number of aryl methyl sites for hydroxylation is 1. The van der Waals surface area contributed by atoms with Crippen molar-refractivity contribution in [3.8, 4) is 11.4 Å². The van der Waals surface area contributed by atoms with E-state index in [0.29, 0.717) is 11.7 Å². The summed E-state index contributed by atoms with van der Waals surface area (Å²) in [5, 5.41) is 0. The largest absolute Gasteiger partial charge is 2.00 e. The number of aromatic nitrogens is 3. The summed E-state index contributed by atoms with van der Waals surface area (Å²) in [7, 11) is -6.00. The maximum atomic E-state index is 9.75. The first kappa shape index (κ1) is 30.6. The van der Waals surface area contributed by atoms with Gasteiger partial charge in [0.2, 0.25) is 11.9 Å². The van der Waals surface area contributed by atoms with Gasteiger partial charge in [-0.15, -0.1) is 35.9 Å². The fraction of sp³-hybridized carbons (Fsp3) is 0.211. The maximum Gasteiger partial charge on any atom is 2.00 e. The van der Waals surface area contributed by atoms with Crippen molar-refractivity contribution >= 4 is 19.2 Å². The average Bonchev–Trinajstić information content (AvgIpc) is 2.61. The van der Waals surface area contributed by atoms with Gasteiger partial charge in [-0.3, -0.25) is 0 Å². The average molecular weight is 526 g/mol. The molecular formula is C19H24BF4N5ORu. The first-order valence-corrected chi connectivity index (χ1v) is 8.63. The molecule has 170 valence electrons. The third-order valence-electron chi connectivity index (χ3n) is 3.36. The third kappa shape index (κ3) is 14.1. The quantitative estimate of drug-likeness (QED) is 0.296. The summed E-state index contributed by atoms with van der Waals surface area (Å²) in [6.07, 6.45) is 0. The molecule has 6 nitrogen and oxygen atoms in total. The Bertz CT molecular complexity index is 858. The van der Waals surface area contributed by atoms with E-state index in [1.165, 1.54) is 11.1 Å². The molecule has 0 saturated carbocycles. The summed E-state index contributed by atoms with van der Waals surface area (Å²) in [5.41, 5.74) is 14.4. The molecule has 0 saturated heterocycles. The predicted molar refractivity (Wildman–Crippen MR) is 112 cm³/mol. The normalized spacial score (nSPS) is 9.81. The summed E-state index contributed by atoms with van der Waals surface area (Å²) in [6.45, 7) is 6.54. The Labute approximate surface area is 191 Å². The number of hydrogen-bond acceptors (Lipinski definition) is 5. The number of anilines is 2. The van der Waals surface area contributed by atoms with Gasteiger partial charge in [-0.25, -0.2) is 9.97 Å². The molecule has 1 aromatic heterocycles. The molecule has 2 aromatic carbocycles. The van der Waals surface area contributed by atoms with Crippen molar-refractivity contribution in [3.05, 3.63) is 65.7 Å². The molecule has 0 spiro atoms. The van der Waals surface area contributed by atoms with Gasteiger partial charge >= 0.3 is 26.7 Å². The van der Waals surface area contributed by atoms with Gasteiger partial charge in [-0.05, 0) is 18.4 Å². The minimum absolute atomic E-state index is 0. The molecule has 12 heteroatoms. The number of benzene rings is 2. The first-order chi connectivity index (χ1) is 13.5. The maximum absolute atomic E-state index is 9.75. The van der Waals surface area contributed by atoms with Crippen LogP contribution in [0.3, 0.4) is 0 Å². The summed E-state index contributed by atoms with van der Waals surface area (Å²) in [5.74, 6) is 1.32. The molecule has 3 aromatic rings. The van der Waals surface area contributed by atoms with Crippen LogP contribution in [0.25, 0.3) is 11.4 Å². The molecule has 0 atom stereocenters. The van der Waals surface area contributed by atoms with E-state index in [9.17, 15) is 17.3 Å². The molecule has 0 aliphatic rings. The SMILES string of the molecule is Cc1ccc(C(C)C)cc1.F[B-](F)(F)F.Nc1nc(N)nc(-c2[c-]cccc2)n1.O.[Ru+2]. The molecule has 0 fully saturated rings. The minimum Gasteiger partial charge on any atom is -0.418 e. The third-order valence-corrected chi connectivity index (χ3v) is 3.36. The van der Waals surface area contributed by atoms with Crippen LogP contribution in [-0.2, 0) is 19.5 Å². The van der Waals surface area contributed by atoms with Gasteiger partial charge in [0.15, 0.2) is 0 Å². The number of nitrogen functional groups attached to an aromatic ring is 2. The zero-order valence-electron chi connectivity index (χ0n) is 17.1. The van der Waals surface area contributed by atoms with Crippen LogP contribution in [0.4, 0.5) is 29.2 Å². The molecule has 0 bridgehead atoms. The second-order valence-electron chi connectivity index (χ2n) is 6.21. The Morgan fingerprint density at radius 1 is 0.871 bits per heavy atom. The van der Waals surface area contributed by atoms with Crippen molar-refractivity contribution in [1.29, 1.82) is 0 Å². The van der Waals surface area contributed by atoms with Crippen LogP contribution in [-0.4, -0.2) is 27.7 Å². The Morgan fingerprint density at radius 2 is 1.35 bits per heavy atom. The number of halogens is 4. The van der Waals surface area contributed by atoms with Crippen molar-refractivity contribution in [1.82, 2.24) is 15.0 Å². The van der Waals surface area contributed by atoms with Crippen LogP contribution in [0.1, 0.15) is 30.9 Å². The molecule has 0 amide bonds. The topological polar surface area (TPSA) is 122 Å². The zero-order valence-corrected chi connectivity index (χ0v) is 18.9. The zero-order chi connectivity index (χ0) is 22.0. The molecule has 0 aliphatic carbocycles. The van der Waals surface area contributed by atoms with Gasteiger partial charge in [0.25, 0.3) is 0 Å². The summed E-state index contributed by atoms with van der Waals surface area (Å²) in [6, 6.07) is 19.0. The Balaban J connectivity index is 0. The van der Waals surface area contributed by atoms with Crippen molar-refractivity contribution in [2.24, 2.45) is 0 Å². The van der Waals surface area contributed by atoms with Gasteiger partial charge in [0, 0.05) is 0 Å². The van der Waals surface area contributed by atoms with Gasteiger partial charge in [-0.2, -0.15) is 4.98 Å². The smallest absolute Gasteiger partial charge is 0.418 e. The Morgan fingerprint density at radius 3 is 1.74 bits per heavy atom. The van der Waals surface area contributed by atoms with E-state index in [4.69, 9.17) is 11.5 Å². The molecule has 0 radical (unpaired) electrons. The van der Waals surface area contributed by atoms with Crippen LogP contribution < -0.4 is 11.5 Å². The minimum atomic E-state index is -6.00. The van der Waals surface area contributed by atoms with Gasteiger partial charge in [-0.1, -0.05) is 43.7 Å². The summed E-state index contributed by atoms with van der Waals surface area (Å²) >= 11 is 0. The van der Waals surface area contributed by atoms with Crippen molar-refractivity contribution < 1.29 is 42.2 Å². The van der Waals surface area contributed by atoms with E-state index in [0.717, 1.165) is 5.56 Å². The van der Waals surface area contributed by atoms with Crippen molar-refractivity contribution in [2.45, 2.75) is 26.7 Å². The molecule has 6 N–H and O–H groups in total.